The van der Waals surface area contributed by atoms with Gasteiger partial charge >= 0.3 is 6.03 Å². The Kier molecular flexibility index (Phi) is 2.97. The SMILES string of the molecule is COc1ccc(N2C(=O)NC(=O)C(C)(C)C2=O)cn1. The summed E-state index contributed by atoms with van der Waals surface area (Å²) in [5.41, 5.74) is -1.02. The van der Waals surface area contributed by atoms with Gasteiger partial charge in [0.15, 0.2) is 0 Å². The summed E-state index contributed by atoms with van der Waals surface area (Å²) in [4.78, 5) is 40.4. The number of nitrogens with zero attached hydrogens (tertiary/aromatic N) is 2. The van der Waals surface area contributed by atoms with Crippen molar-refractivity contribution in [1.29, 1.82) is 0 Å². The molecule has 0 spiro atoms. The highest BCUT2D eigenvalue weighted by atomic mass is 16.5. The summed E-state index contributed by atoms with van der Waals surface area (Å²) in [6.07, 6.45) is 1.34. The highest BCUT2D eigenvalue weighted by molar-refractivity contribution is 6.29. The molecule has 1 aliphatic heterocycles. The molecule has 0 aromatic carbocycles. The zero-order valence-corrected chi connectivity index (χ0v) is 10.8. The molecule has 1 N–H and O–H groups in total. The molecule has 1 aromatic heterocycles. The Labute approximate surface area is 109 Å². The molecule has 4 amide bonds. The summed E-state index contributed by atoms with van der Waals surface area (Å²) in [7, 11) is 1.46. The van der Waals surface area contributed by atoms with Crippen LogP contribution >= 0.6 is 0 Å². The fourth-order valence-corrected chi connectivity index (χ4v) is 1.64. The number of rotatable bonds is 2. The van der Waals surface area contributed by atoms with Crippen LogP contribution in [-0.4, -0.2) is 29.9 Å². The van der Waals surface area contributed by atoms with Crippen LogP contribution in [0.15, 0.2) is 18.3 Å². The minimum Gasteiger partial charge on any atom is -0.481 e. The van der Waals surface area contributed by atoms with E-state index in [1.54, 1.807) is 0 Å². The minimum absolute atomic E-state index is 0.281. The first kappa shape index (κ1) is 13.0. The average molecular weight is 263 g/mol. The quantitative estimate of drug-likeness (QED) is 0.793. The summed E-state index contributed by atoms with van der Waals surface area (Å²) in [5, 5.41) is 2.15. The number of nitrogens with one attached hydrogen (secondary N) is 1. The molecule has 0 aliphatic carbocycles. The van der Waals surface area contributed by atoms with E-state index in [0.717, 1.165) is 4.90 Å². The molecule has 7 nitrogen and oxygen atoms in total. The van der Waals surface area contributed by atoms with Gasteiger partial charge in [0.1, 0.15) is 5.41 Å². The molecule has 19 heavy (non-hydrogen) atoms. The number of carbonyl (C=O) groups excluding carboxylic acids is 3. The molecule has 0 unspecified atom stereocenters. The number of hydrogen-bond acceptors (Lipinski definition) is 5. The lowest BCUT2D eigenvalue weighted by Crippen LogP contribution is -2.62. The second kappa shape index (κ2) is 4.34. The third-order valence-corrected chi connectivity index (χ3v) is 2.92. The van der Waals surface area contributed by atoms with Gasteiger partial charge < -0.3 is 4.74 Å². The minimum atomic E-state index is -1.30. The van der Waals surface area contributed by atoms with Crippen LogP contribution in [0.5, 0.6) is 5.88 Å². The molecule has 1 fully saturated rings. The smallest absolute Gasteiger partial charge is 0.335 e. The van der Waals surface area contributed by atoms with E-state index in [1.807, 2.05) is 0 Å². The number of aromatic nitrogens is 1. The van der Waals surface area contributed by atoms with Gasteiger partial charge in [-0.25, -0.2) is 14.7 Å². The maximum Gasteiger partial charge on any atom is 0.335 e. The van der Waals surface area contributed by atoms with Crippen LogP contribution in [0.2, 0.25) is 0 Å². The van der Waals surface area contributed by atoms with Gasteiger partial charge in [-0.05, 0) is 19.9 Å². The van der Waals surface area contributed by atoms with Crippen molar-refractivity contribution < 1.29 is 19.1 Å². The number of methoxy groups -OCH3 is 1. The molecule has 2 rings (SSSR count). The van der Waals surface area contributed by atoms with E-state index < -0.39 is 23.3 Å². The number of hydrogen-bond donors (Lipinski definition) is 1. The number of imide groups is 2. The van der Waals surface area contributed by atoms with Crippen molar-refractivity contribution >= 4 is 23.5 Å². The lowest BCUT2D eigenvalue weighted by Gasteiger charge is -2.34. The molecular formula is C12H13N3O4. The van der Waals surface area contributed by atoms with Crippen molar-refractivity contribution in [2.75, 3.05) is 12.0 Å². The second-order valence-corrected chi connectivity index (χ2v) is 4.58. The molecule has 0 saturated carbocycles. The summed E-state index contributed by atoms with van der Waals surface area (Å²) < 4.78 is 4.90. The van der Waals surface area contributed by atoms with Crippen LogP contribution in [0.1, 0.15) is 13.8 Å². The van der Waals surface area contributed by atoms with Gasteiger partial charge in [-0.3, -0.25) is 14.9 Å². The lowest BCUT2D eigenvalue weighted by atomic mass is 9.88. The Morgan fingerprint density at radius 2 is 1.95 bits per heavy atom. The van der Waals surface area contributed by atoms with E-state index >= 15 is 0 Å². The first-order valence-corrected chi connectivity index (χ1v) is 5.58. The highest BCUT2D eigenvalue weighted by Gasteiger charge is 2.47. The van der Waals surface area contributed by atoms with Crippen LogP contribution in [0.3, 0.4) is 0 Å². The number of anilines is 1. The van der Waals surface area contributed by atoms with Gasteiger partial charge in [0.2, 0.25) is 17.7 Å². The average Bonchev–Trinajstić information content (AvgIpc) is 2.38. The predicted molar refractivity (Wildman–Crippen MR) is 65.6 cm³/mol. The van der Waals surface area contributed by atoms with E-state index in [1.165, 1.54) is 39.3 Å². The molecule has 0 bridgehead atoms. The van der Waals surface area contributed by atoms with Gasteiger partial charge in [0, 0.05) is 6.07 Å². The van der Waals surface area contributed by atoms with Gasteiger partial charge in [-0.2, -0.15) is 0 Å². The number of barbiturate groups is 1. The summed E-state index contributed by atoms with van der Waals surface area (Å²) in [6.45, 7) is 2.92. The Bertz CT molecular complexity index is 551. The summed E-state index contributed by atoms with van der Waals surface area (Å²) in [5.74, 6) is -0.836. The molecule has 100 valence electrons. The molecule has 1 saturated heterocycles. The first-order chi connectivity index (χ1) is 8.87. The van der Waals surface area contributed by atoms with Crippen molar-refractivity contribution in [3.8, 4) is 5.88 Å². The molecule has 0 atom stereocenters. The monoisotopic (exact) mass is 263 g/mol. The van der Waals surface area contributed by atoms with Crippen molar-refractivity contribution in [2.45, 2.75) is 13.8 Å². The molecule has 1 aromatic rings. The van der Waals surface area contributed by atoms with Gasteiger partial charge in [0.05, 0.1) is 19.0 Å². The highest BCUT2D eigenvalue weighted by Crippen LogP contribution is 2.28. The first-order valence-electron chi connectivity index (χ1n) is 5.58. The number of amides is 4. The van der Waals surface area contributed by atoms with E-state index in [0.29, 0.717) is 5.88 Å². The Morgan fingerprint density at radius 3 is 2.47 bits per heavy atom. The number of carbonyl (C=O) groups is 3. The van der Waals surface area contributed by atoms with Crippen molar-refractivity contribution in [1.82, 2.24) is 10.3 Å². The third kappa shape index (κ3) is 2.03. The van der Waals surface area contributed by atoms with E-state index in [4.69, 9.17) is 4.74 Å². The normalized spacial score (nSPS) is 18.3. The Morgan fingerprint density at radius 1 is 1.26 bits per heavy atom. The number of urea groups is 1. The topological polar surface area (TPSA) is 88.6 Å². The van der Waals surface area contributed by atoms with Crippen LogP contribution in [0, 0.1) is 5.41 Å². The zero-order valence-electron chi connectivity index (χ0n) is 10.8. The molecule has 7 heteroatoms. The van der Waals surface area contributed by atoms with Crippen LogP contribution in [-0.2, 0) is 9.59 Å². The van der Waals surface area contributed by atoms with Crippen LogP contribution in [0.25, 0.3) is 0 Å². The molecular weight excluding hydrogens is 250 g/mol. The zero-order chi connectivity index (χ0) is 14.2. The fraction of sp³-hybridized carbons (Fsp3) is 0.333. The maximum absolute atomic E-state index is 12.2. The fourth-order valence-electron chi connectivity index (χ4n) is 1.64. The van der Waals surface area contributed by atoms with Crippen molar-refractivity contribution in [2.24, 2.45) is 5.41 Å². The Balaban J connectivity index is 2.39. The molecule has 1 aliphatic rings. The van der Waals surface area contributed by atoms with Gasteiger partial charge in [-0.1, -0.05) is 0 Å². The van der Waals surface area contributed by atoms with Gasteiger partial charge in [0.25, 0.3) is 0 Å². The van der Waals surface area contributed by atoms with Gasteiger partial charge in [-0.15, -0.1) is 0 Å². The number of ether oxygens (including phenoxy) is 1. The van der Waals surface area contributed by atoms with Crippen molar-refractivity contribution in [3.05, 3.63) is 18.3 Å². The largest absolute Gasteiger partial charge is 0.481 e. The van der Waals surface area contributed by atoms with E-state index in [2.05, 4.69) is 10.3 Å². The van der Waals surface area contributed by atoms with E-state index in [9.17, 15) is 14.4 Å². The summed E-state index contributed by atoms with van der Waals surface area (Å²) in [6, 6.07) is 2.27. The van der Waals surface area contributed by atoms with Crippen LogP contribution < -0.4 is 15.0 Å². The lowest BCUT2D eigenvalue weighted by molar-refractivity contribution is -0.140. The van der Waals surface area contributed by atoms with Crippen molar-refractivity contribution in [3.63, 3.8) is 0 Å². The molecule has 0 radical (unpaired) electrons. The Hall–Kier alpha value is -2.44. The summed E-state index contributed by atoms with van der Waals surface area (Å²) >= 11 is 0. The number of pyridine rings is 1. The van der Waals surface area contributed by atoms with E-state index in [-0.39, 0.29) is 5.69 Å². The maximum atomic E-state index is 12.2. The standard InChI is InChI=1S/C12H13N3O4/c1-12(2)9(16)14-11(18)15(10(12)17)7-4-5-8(19-3)13-6-7/h4-6H,1-3H3,(H,14,16,18). The third-order valence-electron chi connectivity index (χ3n) is 2.92. The molecule has 2 heterocycles. The second-order valence-electron chi connectivity index (χ2n) is 4.58. The predicted octanol–water partition coefficient (Wildman–Crippen LogP) is 0.699. The van der Waals surface area contributed by atoms with Crippen LogP contribution in [0.4, 0.5) is 10.5 Å².